The molecule has 4 nitrogen and oxygen atoms in total. The molecule has 0 radical (unpaired) electrons. The zero-order valence-corrected chi connectivity index (χ0v) is 11.1. The number of hydrogen-bond acceptors (Lipinski definition) is 3. The molecule has 0 unspecified atom stereocenters. The highest BCUT2D eigenvalue weighted by Gasteiger charge is 2.42. The number of rotatable bonds is 3. The predicted octanol–water partition coefficient (Wildman–Crippen LogP) is 2.34. The molecule has 2 rings (SSSR count). The van der Waals surface area contributed by atoms with Gasteiger partial charge in [-0.25, -0.2) is 4.98 Å². The molecular weight excluding hydrogens is 327 g/mol. The Morgan fingerprint density at radius 1 is 1.42 bits per heavy atom. The van der Waals surface area contributed by atoms with Gasteiger partial charge >= 0.3 is 6.18 Å². The van der Waals surface area contributed by atoms with Gasteiger partial charge in [-0.3, -0.25) is 4.79 Å². The van der Waals surface area contributed by atoms with Crippen LogP contribution >= 0.6 is 15.9 Å². The van der Waals surface area contributed by atoms with Gasteiger partial charge in [0.2, 0.25) is 0 Å². The van der Waals surface area contributed by atoms with Gasteiger partial charge in [-0.2, -0.15) is 13.2 Å². The molecule has 2 heterocycles. The Labute approximate surface area is 114 Å². The number of Topliss-reactive ketones (excluding diaryl/α,β-unsaturated/α-hetero) is 1. The number of nitrogens with two attached hydrogens (primary N) is 1. The van der Waals surface area contributed by atoms with Crippen molar-refractivity contribution in [2.45, 2.75) is 12.6 Å². The van der Waals surface area contributed by atoms with E-state index in [0.717, 1.165) is 0 Å². The van der Waals surface area contributed by atoms with Gasteiger partial charge in [0.25, 0.3) is 5.78 Å². The van der Waals surface area contributed by atoms with Crippen LogP contribution in [0.4, 0.5) is 13.2 Å². The number of carbonyl (C=O) groups is 1. The summed E-state index contributed by atoms with van der Waals surface area (Å²) in [6.45, 7) is 0.227. The van der Waals surface area contributed by atoms with Crippen molar-refractivity contribution in [3.8, 4) is 0 Å². The number of pyridine rings is 1. The molecule has 8 heteroatoms. The Hall–Kier alpha value is -1.41. The minimum Gasteiger partial charge on any atom is -0.330 e. The molecule has 0 fully saturated rings. The molecule has 0 atom stereocenters. The molecule has 0 aliphatic rings. The smallest absolute Gasteiger partial charge is 0.330 e. The molecule has 0 amide bonds. The summed E-state index contributed by atoms with van der Waals surface area (Å²) in [4.78, 5) is 15.1. The summed E-state index contributed by atoms with van der Waals surface area (Å²) in [6, 6.07) is 2.96. The third kappa shape index (κ3) is 2.64. The van der Waals surface area contributed by atoms with Crippen molar-refractivity contribution >= 4 is 27.2 Å². The minimum absolute atomic E-state index is 0.119. The highest BCUT2D eigenvalue weighted by molar-refractivity contribution is 9.10. The quantitative estimate of drug-likeness (QED) is 0.876. The Balaban J connectivity index is 2.66. The normalized spacial score (nSPS) is 12.1. The van der Waals surface area contributed by atoms with Crippen molar-refractivity contribution in [1.29, 1.82) is 0 Å². The van der Waals surface area contributed by atoms with Gasteiger partial charge in [-0.05, 0) is 34.6 Å². The molecule has 0 saturated carbocycles. The molecular formula is C11H9BrF3N3O. The number of ketones is 1. The predicted molar refractivity (Wildman–Crippen MR) is 66.0 cm³/mol. The maximum Gasteiger partial charge on any atom is 0.456 e. The molecule has 0 aromatic carbocycles. The lowest BCUT2D eigenvalue weighted by Gasteiger charge is -2.02. The summed E-state index contributed by atoms with van der Waals surface area (Å²) >= 11 is 3.22. The SMILES string of the molecule is NCCc1nc(C(=O)C(F)(F)F)c2ccc(Br)cn12. The molecule has 2 aromatic heterocycles. The molecule has 0 aliphatic carbocycles. The average Bonchev–Trinajstić information content (AvgIpc) is 2.66. The van der Waals surface area contributed by atoms with E-state index in [1.165, 1.54) is 10.5 Å². The van der Waals surface area contributed by atoms with Crippen LogP contribution in [-0.4, -0.2) is 27.9 Å². The van der Waals surface area contributed by atoms with Crippen molar-refractivity contribution in [1.82, 2.24) is 9.38 Å². The van der Waals surface area contributed by atoms with Gasteiger partial charge in [0.1, 0.15) is 11.5 Å². The van der Waals surface area contributed by atoms with E-state index in [1.54, 1.807) is 12.3 Å². The number of alkyl halides is 3. The number of imidazole rings is 1. The van der Waals surface area contributed by atoms with Crippen molar-refractivity contribution in [2.24, 2.45) is 5.73 Å². The second kappa shape index (κ2) is 4.93. The lowest BCUT2D eigenvalue weighted by Crippen LogP contribution is -2.23. The van der Waals surface area contributed by atoms with Gasteiger partial charge < -0.3 is 10.1 Å². The monoisotopic (exact) mass is 335 g/mol. The molecule has 2 aromatic rings. The van der Waals surface area contributed by atoms with Gasteiger partial charge in [0.05, 0.1) is 5.52 Å². The molecule has 2 N–H and O–H groups in total. The lowest BCUT2D eigenvalue weighted by atomic mass is 10.2. The van der Waals surface area contributed by atoms with Crippen LogP contribution in [0.3, 0.4) is 0 Å². The first-order valence-corrected chi connectivity index (χ1v) is 6.12. The molecule has 0 bridgehead atoms. The van der Waals surface area contributed by atoms with E-state index in [4.69, 9.17) is 5.73 Å². The summed E-state index contributed by atoms with van der Waals surface area (Å²) in [5.74, 6) is -1.62. The molecule has 19 heavy (non-hydrogen) atoms. The summed E-state index contributed by atoms with van der Waals surface area (Å²) in [5, 5.41) is 0. The second-order valence-electron chi connectivity index (χ2n) is 3.84. The van der Waals surface area contributed by atoms with Crippen molar-refractivity contribution in [3.63, 3.8) is 0 Å². The number of halogens is 4. The summed E-state index contributed by atoms with van der Waals surface area (Å²) in [6.07, 6.45) is -3.11. The van der Waals surface area contributed by atoms with Crippen LogP contribution in [0.2, 0.25) is 0 Å². The Morgan fingerprint density at radius 2 is 2.11 bits per heavy atom. The maximum atomic E-state index is 12.5. The number of carbonyl (C=O) groups excluding carboxylic acids is 1. The summed E-state index contributed by atoms with van der Waals surface area (Å²) < 4.78 is 39.6. The van der Waals surface area contributed by atoms with Gasteiger partial charge in [-0.1, -0.05) is 0 Å². The van der Waals surface area contributed by atoms with E-state index >= 15 is 0 Å². The first kappa shape index (κ1) is 14.0. The van der Waals surface area contributed by atoms with Gasteiger partial charge in [0.15, 0.2) is 0 Å². The third-order valence-electron chi connectivity index (χ3n) is 2.51. The van der Waals surface area contributed by atoms with E-state index in [9.17, 15) is 18.0 Å². The standard InChI is InChI=1S/C11H9BrF3N3O/c12-6-1-2-7-9(10(19)11(13,14)15)17-8(3-4-16)18(7)5-6/h1-2,5H,3-4,16H2. The molecule has 0 saturated heterocycles. The summed E-state index contributed by atoms with van der Waals surface area (Å²) in [7, 11) is 0. The first-order valence-electron chi connectivity index (χ1n) is 5.32. The van der Waals surface area contributed by atoms with Crippen molar-refractivity contribution in [2.75, 3.05) is 6.54 Å². The largest absolute Gasteiger partial charge is 0.456 e. The van der Waals surface area contributed by atoms with Gasteiger partial charge in [-0.15, -0.1) is 0 Å². The second-order valence-corrected chi connectivity index (χ2v) is 4.76. The topological polar surface area (TPSA) is 60.4 Å². The fourth-order valence-corrected chi connectivity index (χ4v) is 2.07. The van der Waals surface area contributed by atoms with E-state index < -0.39 is 17.7 Å². The number of aromatic nitrogens is 2. The van der Waals surface area contributed by atoms with Crippen LogP contribution in [0.25, 0.3) is 5.52 Å². The summed E-state index contributed by atoms with van der Waals surface area (Å²) in [5.41, 5.74) is 4.91. The minimum atomic E-state index is -4.94. The highest BCUT2D eigenvalue weighted by Crippen LogP contribution is 2.25. The molecule has 102 valence electrons. The Bertz CT molecular complexity index is 636. The van der Waals surface area contributed by atoms with Crippen LogP contribution in [0.15, 0.2) is 22.8 Å². The number of hydrogen-bond donors (Lipinski definition) is 1. The average molecular weight is 336 g/mol. The third-order valence-corrected chi connectivity index (χ3v) is 2.98. The van der Waals surface area contributed by atoms with Crippen molar-refractivity contribution in [3.05, 3.63) is 34.3 Å². The maximum absolute atomic E-state index is 12.5. The van der Waals surface area contributed by atoms with E-state index in [-0.39, 0.29) is 18.5 Å². The number of nitrogens with zero attached hydrogens (tertiary/aromatic N) is 2. The van der Waals surface area contributed by atoms with Gasteiger partial charge in [0, 0.05) is 17.1 Å². The van der Waals surface area contributed by atoms with E-state index in [2.05, 4.69) is 20.9 Å². The van der Waals surface area contributed by atoms with E-state index in [1.807, 2.05) is 0 Å². The zero-order valence-electron chi connectivity index (χ0n) is 9.54. The Morgan fingerprint density at radius 3 is 2.68 bits per heavy atom. The first-order chi connectivity index (χ1) is 8.84. The number of fused-ring (bicyclic) bond motifs is 1. The molecule has 0 spiro atoms. The Kier molecular flexibility index (Phi) is 3.64. The lowest BCUT2D eigenvalue weighted by molar-refractivity contribution is -0.0887. The zero-order chi connectivity index (χ0) is 14.2. The van der Waals surface area contributed by atoms with Crippen LogP contribution < -0.4 is 5.73 Å². The highest BCUT2D eigenvalue weighted by atomic mass is 79.9. The fraction of sp³-hybridized carbons (Fsp3) is 0.273. The van der Waals surface area contributed by atoms with Crippen LogP contribution in [0.5, 0.6) is 0 Å². The van der Waals surface area contributed by atoms with Crippen LogP contribution in [0.1, 0.15) is 16.3 Å². The van der Waals surface area contributed by atoms with Crippen LogP contribution in [-0.2, 0) is 6.42 Å². The fourth-order valence-electron chi connectivity index (χ4n) is 1.73. The van der Waals surface area contributed by atoms with E-state index in [0.29, 0.717) is 10.3 Å². The molecule has 0 aliphatic heterocycles. The van der Waals surface area contributed by atoms with Crippen LogP contribution in [0, 0.1) is 0 Å². The van der Waals surface area contributed by atoms with Crippen molar-refractivity contribution < 1.29 is 18.0 Å².